The fourth-order valence-corrected chi connectivity index (χ4v) is 1.84. The Bertz CT molecular complexity index is 653. The molecular formula is C14H11NO2. The van der Waals surface area contributed by atoms with Crippen LogP contribution >= 0.6 is 0 Å². The summed E-state index contributed by atoms with van der Waals surface area (Å²) in [6.45, 7) is 1.85. The highest BCUT2D eigenvalue weighted by molar-refractivity contribution is 5.77. The number of benzene rings is 2. The number of para-hydroxylation sites is 2. The van der Waals surface area contributed by atoms with Crippen LogP contribution < -0.4 is 0 Å². The van der Waals surface area contributed by atoms with Gasteiger partial charge in [-0.3, -0.25) is 0 Å². The summed E-state index contributed by atoms with van der Waals surface area (Å²) >= 11 is 0. The molecule has 3 rings (SSSR count). The maximum absolute atomic E-state index is 9.67. The molecule has 3 aromatic rings. The first-order chi connectivity index (χ1) is 8.25. The highest BCUT2D eigenvalue weighted by Crippen LogP contribution is 2.30. The van der Waals surface area contributed by atoms with Gasteiger partial charge in [0.25, 0.3) is 0 Å². The third-order valence-electron chi connectivity index (χ3n) is 2.83. The molecule has 0 bridgehead atoms. The lowest BCUT2D eigenvalue weighted by Gasteiger charge is -2.02. The van der Waals surface area contributed by atoms with Crippen molar-refractivity contribution in [2.75, 3.05) is 0 Å². The first-order valence-electron chi connectivity index (χ1n) is 5.40. The maximum Gasteiger partial charge on any atom is 0.227 e. The second-order valence-electron chi connectivity index (χ2n) is 3.94. The van der Waals surface area contributed by atoms with Crippen molar-refractivity contribution in [3.8, 4) is 17.2 Å². The van der Waals surface area contributed by atoms with Crippen LogP contribution in [0, 0.1) is 6.92 Å². The molecule has 0 saturated heterocycles. The van der Waals surface area contributed by atoms with Crippen LogP contribution in [-0.4, -0.2) is 10.1 Å². The first kappa shape index (κ1) is 9.90. The molecule has 0 unspecified atom stereocenters. The Morgan fingerprint density at radius 2 is 1.88 bits per heavy atom. The third kappa shape index (κ3) is 1.56. The quantitative estimate of drug-likeness (QED) is 0.689. The fourth-order valence-electron chi connectivity index (χ4n) is 1.84. The van der Waals surface area contributed by atoms with E-state index in [1.54, 1.807) is 12.1 Å². The molecule has 3 heteroatoms. The largest absolute Gasteiger partial charge is 0.508 e. The molecule has 0 amide bonds. The Balaban J connectivity index is 2.24. The molecule has 0 aliphatic carbocycles. The van der Waals surface area contributed by atoms with Crippen molar-refractivity contribution in [1.82, 2.24) is 4.98 Å². The average Bonchev–Trinajstić information content (AvgIpc) is 2.76. The molecule has 2 aromatic carbocycles. The van der Waals surface area contributed by atoms with Gasteiger partial charge < -0.3 is 9.52 Å². The monoisotopic (exact) mass is 225 g/mol. The lowest BCUT2D eigenvalue weighted by molar-refractivity contribution is 0.471. The molecule has 0 aliphatic rings. The summed E-state index contributed by atoms with van der Waals surface area (Å²) in [7, 11) is 0. The molecular weight excluding hydrogens is 214 g/mol. The van der Waals surface area contributed by atoms with E-state index in [1.165, 1.54) is 0 Å². The van der Waals surface area contributed by atoms with Gasteiger partial charge in [-0.15, -0.1) is 0 Å². The van der Waals surface area contributed by atoms with Crippen LogP contribution in [0.5, 0.6) is 5.75 Å². The van der Waals surface area contributed by atoms with Crippen molar-refractivity contribution in [2.24, 2.45) is 0 Å². The molecule has 0 atom stereocenters. The van der Waals surface area contributed by atoms with Crippen molar-refractivity contribution in [3.63, 3.8) is 0 Å². The SMILES string of the molecule is Cc1c(O)cccc1-c1nc2ccccc2o1. The predicted molar refractivity (Wildman–Crippen MR) is 65.8 cm³/mol. The van der Waals surface area contributed by atoms with Gasteiger partial charge in [0.05, 0.1) is 0 Å². The second-order valence-corrected chi connectivity index (χ2v) is 3.94. The number of aromatic nitrogens is 1. The van der Waals surface area contributed by atoms with Crippen molar-refractivity contribution in [1.29, 1.82) is 0 Å². The molecule has 3 nitrogen and oxygen atoms in total. The Hall–Kier alpha value is -2.29. The number of nitrogens with zero attached hydrogens (tertiary/aromatic N) is 1. The molecule has 0 saturated carbocycles. The van der Waals surface area contributed by atoms with Crippen LogP contribution in [0.3, 0.4) is 0 Å². The Morgan fingerprint density at radius 3 is 2.71 bits per heavy atom. The molecule has 0 aliphatic heterocycles. The van der Waals surface area contributed by atoms with E-state index < -0.39 is 0 Å². The zero-order valence-corrected chi connectivity index (χ0v) is 9.34. The fraction of sp³-hybridized carbons (Fsp3) is 0.0714. The lowest BCUT2D eigenvalue weighted by Crippen LogP contribution is -1.83. The molecule has 0 fully saturated rings. The Morgan fingerprint density at radius 1 is 1.06 bits per heavy atom. The number of hydrogen-bond acceptors (Lipinski definition) is 3. The maximum atomic E-state index is 9.67. The molecule has 1 N–H and O–H groups in total. The smallest absolute Gasteiger partial charge is 0.227 e. The number of fused-ring (bicyclic) bond motifs is 1. The van der Waals surface area contributed by atoms with Gasteiger partial charge in [0, 0.05) is 11.1 Å². The zero-order chi connectivity index (χ0) is 11.8. The standard InChI is InChI=1S/C14H11NO2/c1-9-10(5-4-7-12(9)16)14-15-11-6-2-3-8-13(11)17-14/h2-8,16H,1H3. The predicted octanol–water partition coefficient (Wildman–Crippen LogP) is 3.51. The Labute approximate surface area is 98.3 Å². The van der Waals surface area contributed by atoms with Crippen LogP contribution in [0.25, 0.3) is 22.6 Å². The molecule has 1 heterocycles. The van der Waals surface area contributed by atoms with Gasteiger partial charge in [0.2, 0.25) is 5.89 Å². The van der Waals surface area contributed by atoms with Crippen molar-refractivity contribution < 1.29 is 9.52 Å². The van der Waals surface area contributed by atoms with E-state index in [0.29, 0.717) is 5.89 Å². The number of hydrogen-bond donors (Lipinski definition) is 1. The van der Waals surface area contributed by atoms with E-state index in [9.17, 15) is 5.11 Å². The minimum atomic E-state index is 0.254. The van der Waals surface area contributed by atoms with Crippen LogP contribution in [0.4, 0.5) is 0 Å². The first-order valence-corrected chi connectivity index (χ1v) is 5.40. The van der Waals surface area contributed by atoms with Crippen LogP contribution in [-0.2, 0) is 0 Å². The minimum Gasteiger partial charge on any atom is -0.508 e. The van der Waals surface area contributed by atoms with Gasteiger partial charge in [-0.2, -0.15) is 0 Å². The van der Waals surface area contributed by atoms with E-state index in [0.717, 1.165) is 22.2 Å². The van der Waals surface area contributed by atoms with Crippen molar-refractivity contribution >= 4 is 11.1 Å². The van der Waals surface area contributed by atoms with E-state index in [1.807, 2.05) is 37.3 Å². The number of oxazole rings is 1. The van der Waals surface area contributed by atoms with E-state index in [4.69, 9.17) is 4.42 Å². The number of phenolic OH excluding ortho intramolecular Hbond substituents is 1. The average molecular weight is 225 g/mol. The summed E-state index contributed by atoms with van der Waals surface area (Å²) in [6, 6.07) is 12.9. The molecule has 17 heavy (non-hydrogen) atoms. The highest BCUT2D eigenvalue weighted by Gasteiger charge is 2.11. The van der Waals surface area contributed by atoms with Gasteiger partial charge in [0.15, 0.2) is 5.58 Å². The molecule has 0 spiro atoms. The van der Waals surface area contributed by atoms with Crippen LogP contribution in [0.1, 0.15) is 5.56 Å². The normalized spacial score (nSPS) is 10.9. The zero-order valence-electron chi connectivity index (χ0n) is 9.34. The topological polar surface area (TPSA) is 46.3 Å². The van der Waals surface area contributed by atoms with Crippen LogP contribution in [0.15, 0.2) is 46.9 Å². The van der Waals surface area contributed by atoms with Gasteiger partial charge >= 0.3 is 0 Å². The van der Waals surface area contributed by atoms with Gasteiger partial charge in [-0.05, 0) is 31.2 Å². The molecule has 0 radical (unpaired) electrons. The summed E-state index contributed by atoms with van der Waals surface area (Å²) in [5, 5.41) is 9.67. The van der Waals surface area contributed by atoms with Gasteiger partial charge in [-0.25, -0.2) is 4.98 Å². The highest BCUT2D eigenvalue weighted by atomic mass is 16.3. The van der Waals surface area contributed by atoms with Crippen molar-refractivity contribution in [3.05, 3.63) is 48.0 Å². The summed E-state index contributed by atoms with van der Waals surface area (Å²) in [5.74, 6) is 0.796. The second kappa shape index (κ2) is 3.63. The van der Waals surface area contributed by atoms with Crippen LogP contribution in [0.2, 0.25) is 0 Å². The third-order valence-corrected chi connectivity index (χ3v) is 2.83. The van der Waals surface area contributed by atoms with E-state index in [2.05, 4.69) is 4.98 Å². The van der Waals surface area contributed by atoms with E-state index in [-0.39, 0.29) is 5.75 Å². The number of rotatable bonds is 1. The van der Waals surface area contributed by atoms with Crippen molar-refractivity contribution in [2.45, 2.75) is 6.92 Å². The summed E-state index contributed by atoms with van der Waals surface area (Å²) < 4.78 is 5.67. The molecule has 1 aromatic heterocycles. The van der Waals surface area contributed by atoms with Gasteiger partial charge in [0.1, 0.15) is 11.3 Å². The Kier molecular flexibility index (Phi) is 2.11. The number of aromatic hydroxyl groups is 1. The molecule has 84 valence electrons. The summed E-state index contributed by atoms with van der Waals surface area (Å²) in [4.78, 5) is 4.41. The number of phenols is 1. The summed E-state index contributed by atoms with van der Waals surface area (Å²) in [5.41, 5.74) is 3.18. The van der Waals surface area contributed by atoms with E-state index >= 15 is 0 Å². The summed E-state index contributed by atoms with van der Waals surface area (Å²) in [6.07, 6.45) is 0. The van der Waals surface area contributed by atoms with Gasteiger partial charge in [-0.1, -0.05) is 18.2 Å². The lowest BCUT2D eigenvalue weighted by atomic mass is 10.1. The minimum absolute atomic E-state index is 0.254.